The lowest BCUT2D eigenvalue weighted by molar-refractivity contribution is 0.406. The molecule has 3 heteroatoms. The van der Waals surface area contributed by atoms with Crippen molar-refractivity contribution in [2.24, 2.45) is 5.73 Å². The number of benzene rings is 1. The summed E-state index contributed by atoms with van der Waals surface area (Å²) >= 11 is 6.47. The standard InChI is InChI=1S/C14H20ClNO/c1-9(16)12-8-10-6-4-3-5-7-11(10)13(15)14(12)17-2/h8-9H,3-7,16H2,1-2H3. The third kappa shape index (κ3) is 2.43. The molecule has 0 aromatic heterocycles. The Morgan fingerprint density at radius 3 is 2.65 bits per heavy atom. The maximum absolute atomic E-state index is 6.47. The van der Waals surface area contributed by atoms with Crippen molar-refractivity contribution in [3.8, 4) is 5.75 Å². The average molecular weight is 254 g/mol. The van der Waals surface area contributed by atoms with E-state index in [1.807, 2.05) is 6.92 Å². The Morgan fingerprint density at radius 1 is 1.29 bits per heavy atom. The van der Waals surface area contributed by atoms with Crippen LogP contribution in [0, 0.1) is 0 Å². The third-order valence-electron chi connectivity index (χ3n) is 3.51. The molecule has 1 aromatic rings. The van der Waals surface area contributed by atoms with Crippen LogP contribution in [0.3, 0.4) is 0 Å². The van der Waals surface area contributed by atoms with Crippen LogP contribution in [0.15, 0.2) is 6.07 Å². The van der Waals surface area contributed by atoms with Gasteiger partial charge in [-0.3, -0.25) is 0 Å². The van der Waals surface area contributed by atoms with Gasteiger partial charge in [-0.2, -0.15) is 0 Å². The van der Waals surface area contributed by atoms with Gasteiger partial charge in [0.2, 0.25) is 0 Å². The lowest BCUT2D eigenvalue weighted by atomic mass is 9.96. The predicted molar refractivity (Wildman–Crippen MR) is 71.9 cm³/mol. The molecule has 0 saturated carbocycles. The molecule has 94 valence electrons. The van der Waals surface area contributed by atoms with E-state index in [0.29, 0.717) is 0 Å². The van der Waals surface area contributed by atoms with Crippen molar-refractivity contribution >= 4 is 11.6 Å². The van der Waals surface area contributed by atoms with Gasteiger partial charge in [-0.05, 0) is 43.7 Å². The van der Waals surface area contributed by atoms with Crippen LogP contribution in [0.2, 0.25) is 5.02 Å². The van der Waals surface area contributed by atoms with Crippen LogP contribution in [0.1, 0.15) is 48.9 Å². The predicted octanol–water partition coefficient (Wildman–Crippen LogP) is 3.64. The van der Waals surface area contributed by atoms with E-state index < -0.39 is 0 Å². The Kier molecular flexibility index (Phi) is 3.95. The number of nitrogens with two attached hydrogens (primary N) is 1. The fourth-order valence-electron chi connectivity index (χ4n) is 2.58. The molecule has 0 saturated heterocycles. The number of aryl methyl sites for hydroxylation is 1. The summed E-state index contributed by atoms with van der Waals surface area (Å²) < 4.78 is 5.43. The average Bonchev–Trinajstić information content (AvgIpc) is 2.54. The van der Waals surface area contributed by atoms with Gasteiger partial charge < -0.3 is 10.5 Å². The highest BCUT2D eigenvalue weighted by molar-refractivity contribution is 6.33. The van der Waals surface area contributed by atoms with E-state index in [1.165, 1.54) is 30.4 Å². The monoisotopic (exact) mass is 253 g/mol. The second-order valence-electron chi connectivity index (χ2n) is 4.80. The van der Waals surface area contributed by atoms with Crippen molar-refractivity contribution in [2.45, 2.75) is 45.1 Å². The SMILES string of the molecule is COc1c(C(C)N)cc2c(c1Cl)CCCCC2. The Hall–Kier alpha value is -0.730. The molecule has 1 aromatic carbocycles. The Balaban J connectivity index is 2.57. The Bertz CT molecular complexity index is 415. The van der Waals surface area contributed by atoms with Crippen molar-refractivity contribution < 1.29 is 4.74 Å². The number of fused-ring (bicyclic) bond motifs is 1. The number of rotatable bonds is 2. The van der Waals surface area contributed by atoms with Crippen molar-refractivity contribution in [3.63, 3.8) is 0 Å². The van der Waals surface area contributed by atoms with Crippen LogP contribution < -0.4 is 10.5 Å². The molecule has 1 aliphatic rings. The summed E-state index contributed by atoms with van der Waals surface area (Å²) in [5.41, 5.74) is 9.65. The summed E-state index contributed by atoms with van der Waals surface area (Å²) in [4.78, 5) is 0. The van der Waals surface area contributed by atoms with Gasteiger partial charge in [-0.25, -0.2) is 0 Å². The molecule has 0 fully saturated rings. The van der Waals surface area contributed by atoms with E-state index in [0.717, 1.165) is 29.2 Å². The maximum atomic E-state index is 6.47. The number of methoxy groups -OCH3 is 1. The van der Waals surface area contributed by atoms with E-state index in [2.05, 4.69) is 6.07 Å². The summed E-state index contributed by atoms with van der Waals surface area (Å²) in [5.74, 6) is 0.766. The lowest BCUT2D eigenvalue weighted by Crippen LogP contribution is -2.09. The van der Waals surface area contributed by atoms with Gasteiger partial charge in [0.1, 0.15) is 5.75 Å². The van der Waals surface area contributed by atoms with Crippen LogP contribution in [-0.4, -0.2) is 7.11 Å². The second-order valence-corrected chi connectivity index (χ2v) is 5.18. The van der Waals surface area contributed by atoms with Crippen LogP contribution in [0.25, 0.3) is 0 Å². The molecule has 1 aliphatic carbocycles. The highest BCUT2D eigenvalue weighted by Gasteiger charge is 2.20. The molecule has 17 heavy (non-hydrogen) atoms. The molecule has 0 amide bonds. The van der Waals surface area contributed by atoms with Gasteiger partial charge in [0.15, 0.2) is 0 Å². The fourth-order valence-corrected chi connectivity index (χ4v) is 2.98. The summed E-state index contributed by atoms with van der Waals surface area (Å²) in [6, 6.07) is 2.15. The minimum absolute atomic E-state index is 0.0454. The van der Waals surface area contributed by atoms with E-state index in [9.17, 15) is 0 Å². The zero-order valence-electron chi connectivity index (χ0n) is 10.6. The van der Waals surface area contributed by atoms with E-state index in [-0.39, 0.29) is 6.04 Å². The first-order chi connectivity index (χ1) is 8.15. The minimum atomic E-state index is -0.0454. The minimum Gasteiger partial charge on any atom is -0.495 e. The molecule has 0 heterocycles. The molecule has 1 atom stereocenters. The first-order valence-corrected chi connectivity index (χ1v) is 6.66. The number of hydrogen-bond acceptors (Lipinski definition) is 2. The highest BCUT2D eigenvalue weighted by Crippen LogP contribution is 2.39. The summed E-state index contributed by atoms with van der Waals surface area (Å²) in [7, 11) is 1.66. The van der Waals surface area contributed by atoms with Crippen LogP contribution in [0.4, 0.5) is 0 Å². The highest BCUT2D eigenvalue weighted by atomic mass is 35.5. The third-order valence-corrected chi connectivity index (χ3v) is 3.91. The van der Waals surface area contributed by atoms with E-state index in [1.54, 1.807) is 7.11 Å². The second kappa shape index (κ2) is 5.28. The molecule has 0 radical (unpaired) electrons. The van der Waals surface area contributed by atoms with E-state index in [4.69, 9.17) is 22.1 Å². The molecular weight excluding hydrogens is 234 g/mol. The number of halogens is 1. The van der Waals surface area contributed by atoms with Crippen molar-refractivity contribution in [2.75, 3.05) is 7.11 Å². The van der Waals surface area contributed by atoms with Crippen LogP contribution >= 0.6 is 11.6 Å². The summed E-state index contributed by atoms with van der Waals surface area (Å²) in [6.45, 7) is 1.97. The summed E-state index contributed by atoms with van der Waals surface area (Å²) in [6.07, 6.45) is 5.91. The van der Waals surface area contributed by atoms with Gasteiger partial charge in [-0.15, -0.1) is 0 Å². The topological polar surface area (TPSA) is 35.2 Å². The summed E-state index contributed by atoms with van der Waals surface area (Å²) in [5, 5.41) is 0.777. The largest absolute Gasteiger partial charge is 0.495 e. The first kappa shape index (κ1) is 12.7. The smallest absolute Gasteiger partial charge is 0.142 e. The molecule has 0 aliphatic heterocycles. The van der Waals surface area contributed by atoms with Crippen LogP contribution in [-0.2, 0) is 12.8 Å². The van der Waals surface area contributed by atoms with Crippen molar-refractivity contribution in [1.29, 1.82) is 0 Å². The van der Waals surface area contributed by atoms with Crippen molar-refractivity contribution in [3.05, 3.63) is 27.8 Å². The Labute approximate surface area is 108 Å². The van der Waals surface area contributed by atoms with Crippen molar-refractivity contribution in [1.82, 2.24) is 0 Å². The van der Waals surface area contributed by atoms with E-state index >= 15 is 0 Å². The molecule has 2 rings (SSSR count). The molecular formula is C14H20ClNO. The molecule has 2 nitrogen and oxygen atoms in total. The molecule has 0 spiro atoms. The maximum Gasteiger partial charge on any atom is 0.142 e. The van der Waals surface area contributed by atoms with Crippen LogP contribution in [0.5, 0.6) is 5.75 Å². The zero-order valence-corrected chi connectivity index (χ0v) is 11.3. The molecule has 1 unspecified atom stereocenters. The molecule has 2 N–H and O–H groups in total. The Morgan fingerprint density at radius 2 is 2.00 bits per heavy atom. The van der Waals surface area contributed by atoms with Gasteiger partial charge in [-0.1, -0.05) is 24.1 Å². The quantitative estimate of drug-likeness (QED) is 0.817. The molecule has 0 bridgehead atoms. The lowest BCUT2D eigenvalue weighted by Gasteiger charge is -2.18. The number of hydrogen-bond donors (Lipinski definition) is 1. The zero-order chi connectivity index (χ0) is 12.4. The van der Waals surface area contributed by atoms with Gasteiger partial charge in [0.25, 0.3) is 0 Å². The van der Waals surface area contributed by atoms with Gasteiger partial charge >= 0.3 is 0 Å². The normalized spacial score (nSPS) is 17.2. The van der Waals surface area contributed by atoms with Gasteiger partial charge in [0, 0.05) is 11.6 Å². The first-order valence-electron chi connectivity index (χ1n) is 6.29. The number of ether oxygens (including phenoxy) is 1. The van der Waals surface area contributed by atoms with Gasteiger partial charge in [0.05, 0.1) is 12.1 Å². The fraction of sp³-hybridized carbons (Fsp3) is 0.571.